The molecule has 0 aromatic carbocycles. The topological polar surface area (TPSA) is 41.9 Å². The Morgan fingerprint density at radius 2 is 1.54 bits per heavy atom. The van der Waals surface area contributed by atoms with E-state index in [9.17, 15) is 5.21 Å². The molecule has 2 fully saturated rings. The second kappa shape index (κ2) is 10.2. The van der Waals surface area contributed by atoms with Crippen molar-refractivity contribution in [2.24, 2.45) is 5.92 Å². The van der Waals surface area contributed by atoms with Gasteiger partial charge >= 0.3 is 0 Å². The van der Waals surface area contributed by atoms with Gasteiger partial charge in [-0.15, -0.1) is 0 Å². The predicted molar refractivity (Wildman–Crippen MR) is 116 cm³/mol. The molecule has 4 nitrogen and oxygen atoms in total. The van der Waals surface area contributed by atoms with E-state index in [0.717, 1.165) is 25.7 Å². The Kier molecular flexibility index (Phi) is 8.82. The highest BCUT2D eigenvalue weighted by molar-refractivity contribution is 5.08. The van der Waals surface area contributed by atoms with Crippen molar-refractivity contribution in [3.63, 3.8) is 0 Å². The van der Waals surface area contributed by atoms with Gasteiger partial charge in [-0.1, -0.05) is 79.1 Å². The largest absolute Gasteiger partial charge is 0.347 e. The Bertz CT molecular complexity index is 473. The van der Waals surface area contributed by atoms with Gasteiger partial charge in [0.05, 0.1) is 18.2 Å². The summed E-state index contributed by atoms with van der Waals surface area (Å²) in [5.41, 5.74) is -0.652. The molecule has 0 aromatic rings. The molecule has 0 saturated carbocycles. The van der Waals surface area contributed by atoms with Crippen molar-refractivity contribution in [2.75, 3.05) is 6.61 Å². The molecule has 1 spiro atoms. The molecule has 0 bridgehead atoms. The van der Waals surface area contributed by atoms with E-state index in [1.54, 1.807) is 5.06 Å². The second-order valence-corrected chi connectivity index (χ2v) is 9.90. The zero-order valence-electron chi connectivity index (χ0n) is 19.6. The number of hydrogen-bond donors (Lipinski definition) is 1. The summed E-state index contributed by atoms with van der Waals surface area (Å²) in [6, 6.07) is 0. The van der Waals surface area contributed by atoms with Crippen LogP contribution in [0, 0.1) is 5.92 Å². The summed E-state index contributed by atoms with van der Waals surface area (Å²) < 4.78 is 13.1. The van der Waals surface area contributed by atoms with Crippen molar-refractivity contribution in [1.29, 1.82) is 0 Å². The van der Waals surface area contributed by atoms with Crippen LogP contribution in [-0.2, 0) is 9.47 Å². The number of hydroxylamine groups is 2. The monoisotopic (exact) mass is 397 g/mol. The maximum absolute atomic E-state index is 11.0. The lowest BCUT2D eigenvalue weighted by molar-refractivity contribution is -0.352. The predicted octanol–water partition coefficient (Wildman–Crippen LogP) is 6.70. The third-order valence-corrected chi connectivity index (χ3v) is 7.95. The van der Waals surface area contributed by atoms with Crippen LogP contribution in [0.25, 0.3) is 0 Å². The maximum Gasteiger partial charge on any atom is 0.175 e. The van der Waals surface area contributed by atoms with Crippen LogP contribution in [0.2, 0.25) is 0 Å². The van der Waals surface area contributed by atoms with E-state index < -0.39 is 5.79 Å². The van der Waals surface area contributed by atoms with Crippen molar-refractivity contribution in [3.8, 4) is 0 Å². The first-order valence-electron chi connectivity index (χ1n) is 12.1. The molecule has 1 N–H and O–H groups in total. The SMILES string of the molecule is CCCCCCCCCCC1COC2(CC(C)(CC)N(O)C(C)(CC)C2C)O1. The molecular formula is C24H47NO3. The average Bonchev–Trinajstić information content (AvgIpc) is 3.10. The van der Waals surface area contributed by atoms with Crippen molar-refractivity contribution >= 4 is 0 Å². The van der Waals surface area contributed by atoms with E-state index in [0.29, 0.717) is 6.61 Å². The zero-order chi connectivity index (χ0) is 20.8. The molecule has 166 valence electrons. The minimum atomic E-state index is -0.556. The van der Waals surface area contributed by atoms with E-state index in [2.05, 4.69) is 41.5 Å². The lowest BCUT2D eigenvalue weighted by Crippen LogP contribution is -2.70. The molecule has 0 aliphatic carbocycles. The second-order valence-electron chi connectivity index (χ2n) is 9.90. The van der Waals surface area contributed by atoms with E-state index >= 15 is 0 Å². The Morgan fingerprint density at radius 3 is 2.11 bits per heavy atom. The van der Waals surface area contributed by atoms with Crippen molar-refractivity contribution in [1.82, 2.24) is 5.06 Å². The molecule has 28 heavy (non-hydrogen) atoms. The number of rotatable bonds is 11. The first kappa shape index (κ1) is 24.1. The fourth-order valence-corrected chi connectivity index (χ4v) is 5.32. The summed E-state index contributed by atoms with van der Waals surface area (Å²) in [7, 11) is 0. The Balaban J connectivity index is 1.87. The van der Waals surface area contributed by atoms with Crippen LogP contribution in [0.3, 0.4) is 0 Å². The Labute approximate surface area is 174 Å². The first-order chi connectivity index (χ1) is 13.3. The van der Waals surface area contributed by atoms with Crippen LogP contribution >= 0.6 is 0 Å². The maximum atomic E-state index is 11.0. The Hall–Kier alpha value is -0.160. The number of ether oxygens (including phenoxy) is 2. The van der Waals surface area contributed by atoms with Crippen LogP contribution in [0.1, 0.15) is 119 Å². The lowest BCUT2D eigenvalue weighted by Gasteiger charge is -2.60. The molecule has 4 heteroatoms. The van der Waals surface area contributed by atoms with Crippen LogP contribution in [0.4, 0.5) is 0 Å². The smallest absolute Gasteiger partial charge is 0.175 e. The lowest BCUT2D eigenvalue weighted by atomic mass is 9.67. The van der Waals surface area contributed by atoms with Crippen molar-refractivity contribution < 1.29 is 14.7 Å². The van der Waals surface area contributed by atoms with Gasteiger partial charge < -0.3 is 14.7 Å². The van der Waals surface area contributed by atoms with Gasteiger partial charge in [-0.05, 0) is 33.1 Å². The van der Waals surface area contributed by atoms with Gasteiger partial charge in [-0.3, -0.25) is 0 Å². The van der Waals surface area contributed by atoms with Crippen LogP contribution in [0.15, 0.2) is 0 Å². The van der Waals surface area contributed by atoms with Gasteiger partial charge in [0, 0.05) is 17.9 Å². The molecule has 0 aromatic heterocycles. The molecule has 0 radical (unpaired) electrons. The molecule has 2 rings (SSSR count). The average molecular weight is 398 g/mol. The normalized spacial score (nSPS) is 39.1. The highest BCUT2D eigenvalue weighted by Gasteiger charge is 2.63. The molecule has 5 atom stereocenters. The zero-order valence-corrected chi connectivity index (χ0v) is 19.6. The van der Waals surface area contributed by atoms with Crippen LogP contribution < -0.4 is 0 Å². The molecule has 5 unspecified atom stereocenters. The van der Waals surface area contributed by atoms with Crippen LogP contribution in [-0.4, -0.2) is 39.8 Å². The number of piperidine rings is 1. The summed E-state index contributed by atoms with van der Waals surface area (Å²) >= 11 is 0. The summed E-state index contributed by atoms with van der Waals surface area (Å²) in [4.78, 5) is 0. The van der Waals surface area contributed by atoms with Crippen molar-refractivity contribution in [3.05, 3.63) is 0 Å². The molecule has 2 heterocycles. The highest BCUT2D eigenvalue weighted by Crippen LogP contribution is 2.53. The van der Waals surface area contributed by atoms with E-state index in [1.165, 1.54) is 51.4 Å². The molecular weight excluding hydrogens is 350 g/mol. The third kappa shape index (κ3) is 4.94. The summed E-state index contributed by atoms with van der Waals surface area (Å²) in [5.74, 6) is -0.433. The van der Waals surface area contributed by atoms with E-state index in [1.807, 2.05) is 0 Å². The standard InChI is InChI=1S/C24H47NO3/c1-7-10-11-12-13-14-15-16-17-21-18-27-24(28-21)19-22(5,8-2)25(26)23(6,9-3)20(24)4/h20-21,26H,7-19H2,1-6H3. The highest BCUT2D eigenvalue weighted by atomic mass is 16.7. The fraction of sp³-hybridized carbons (Fsp3) is 1.00. The first-order valence-corrected chi connectivity index (χ1v) is 12.1. The van der Waals surface area contributed by atoms with Crippen LogP contribution in [0.5, 0.6) is 0 Å². The number of unbranched alkanes of at least 4 members (excludes halogenated alkanes) is 7. The van der Waals surface area contributed by atoms with E-state index in [-0.39, 0.29) is 23.1 Å². The van der Waals surface area contributed by atoms with Gasteiger partial charge in [0.25, 0.3) is 0 Å². The molecule has 2 aliphatic rings. The minimum Gasteiger partial charge on any atom is -0.347 e. The summed E-state index contributed by atoms with van der Waals surface area (Å²) in [6.07, 6.45) is 14.5. The third-order valence-electron chi connectivity index (χ3n) is 7.95. The fourth-order valence-electron chi connectivity index (χ4n) is 5.32. The summed E-state index contributed by atoms with van der Waals surface area (Å²) in [6.45, 7) is 13.8. The molecule has 2 aliphatic heterocycles. The molecule has 0 amide bonds. The van der Waals surface area contributed by atoms with Gasteiger partial charge in [-0.2, -0.15) is 5.06 Å². The van der Waals surface area contributed by atoms with Gasteiger partial charge in [0.1, 0.15) is 0 Å². The Morgan fingerprint density at radius 1 is 0.929 bits per heavy atom. The van der Waals surface area contributed by atoms with Gasteiger partial charge in [0.2, 0.25) is 0 Å². The van der Waals surface area contributed by atoms with E-state index in [4.69, 9.17) is 9.47 Å². The number of nitrogens with zero attached hydrogens (tertiary/aromatic N) is 1. The minimum absolute atomic E-state index is 0.123. The van der Waals surface area contributed by atoms with Gasteiger partial charge in [0.15, 0.2) is 5.79 Å². The van der Waals surface area contributed by atoms with Crippen molar-refractivity contribution in [2.45, 2.75) is 142 Å². The number of hydrogen-bond acceptors (Lipinski definition) is 4. The summed E-state index contributed by atoms with van der Waals surface area (Å²) in [5, 5.41) is 12.6. The molecule has 2 saturated heterocycles. The quantitative estimate of drug-likeness (QED) is 0.394. The van der Waals surface area contributed by atoms with Gasteiger partial charge in [-0.25, -0.2) is 0 Å².